The van der Waals surface area contributed by atoms with Crippen LogP contribution >= 0.6 is 0 Å². The van der Waals surface area contributed by atoms with Gasteiger partial charge in [0.15, 0.2) is 5.82 Å². The number of likely N-dealkylation sites (tertiary alicyclic amines) is 1. The van der Waals surface area contributed by atoms with Crippen LogP contribution in [0.15, 0.2) is 70.3 Å². The van der Waals surface area contributed by atoms with Gasteiger partial charge in [0, 0.05) is 50.4 Å². The fourth-order valence-corrected chi connectivity index (χ4v) is 5.12. The summed E-state index contributed by atoms with van der Waals surface area (Å²) < 4.78 is 2.29. The lowest BCUT2D eigenvalue weighted by Gasteiger charge is -2.32. The number of hydrogen-bond acceptors (Lipinski definition) is 6. The molecule has 208 valence electrons. The molecule has 0 radical (unpaired) electrons. The molecule has 3 heterocycles. The molecule has 1 aliphatic heterocycles. The number of para-hydroxylation sites is 1. The number of rotatable bonds is 9. The predicted octanol–water partition coefficient (Wildman–Crippen LogP) is 2.00. The highest BCUT2D eigenvalue weighted by Crippen LogP contribution is 2.14. The monoisotopic (exact) mass is 543 g/mol. The minimum atomic E-state index is -0.640. The Kier molecular flexibility index (Phi) is 8.20. The maximum absolute atomic E-state index is 13.4. The van der Waals surface area contributed by atoms with Crippen molar-refractivity contribution in [3.63, 3.8) is 0 Å². The molecule has 11 nitrogen and oxygen atoms in total. The molecule has 0 atom stereocenters. The first-order valence-electron chi connectivity index (χ1n) is 13.5. The molecule has 0 aliphatic carbocycles. The number of fused-ring (bicyclic) bond motifs is 1. The Morgan fingerprint density at radius 1 is 0.975 bits per heavy atom. The molecule has 11 heteroatoms. The Labute approximate surface area is 230 Å². The Hall–Kier alpha value is -4.51. The van der Waals surface area contributed by atoms with E-state index in [1.165, 1.54) is 10.1 Å². The van der Waals surface area contributed by atoms with E-state index in [0.717, 1.165) is 42.7 Å². The van der Waals surface area contributed by atoms with Crippen LogP contribution in [0, 0.1) is 6.92 Å². The normalized spacial score (nSPS) is 14.3. The van der Waals surface area contributed by atoms with Crippen LogP contribution in [-0.4, -0.2) is 55.2 Å². The van der Waals surface area contributed by atoms with Crippen LogP contribution in [0.5, 0.6) is 0 Å². The number of aromatic amines is 1. The molecule has 2 amide bonds. The summed E-state index contributed by atoms with van der Waals surface area (Å²) in [7, 11) is 0. The highest BCUT2D eigenvalue weighted by Gasteiger charge is 2.21. The number of carbonyl (C=O) groups is 2. The van der Waals surface area contributed by atoms with Gasteiger partial charge in [0.2, 0.25) is 11.8 Å². The zero-order chi connectivity index (χ0) is 28.1. The van der Waals surface area contributed by atoms with Crippen LogP contribution in [0.3, 0.4) is 0 Å². The fourth-order valence-electron chi connectivity index (χ4n) is 5.12. The maximum Gasteiger partial charge on any atom is 0.331 e. The van der Waals surface area contributed by atoms with E-state index < -0.39 is 17.2 Å². The van der Waals surface area contributed by atoms with Gasteiger partial charge in [-0.2, -0.15) is 5.10 Å². The van der Waals surface area contributed by atoms with Gasteiger partial charge >= 0.3 is 5.69 Å². The predicted molar refractivity (Wildman–Crippen MR) is 152 cm³/mol. The van der Waals surface area contributed by atoms with E-state index in [2.05, 4.69) is 37.9 Å². The minimum Gasteiger partial charge on any atom is -0.353 e. The van der Waals surface area contributed by atoms with Gasteiger partial charge in [-0.15, -0.1) is 0 Å². The Bertz CT molecular complexity index is 1610. The van der Waals surface area contributed by atoms with Crippen molar-refractivity contribution in [2.75, 3.05) is 18.4 Å². The van der Waals surface area contributed by atoms with Crippen LogP contribution in [0.4, 0.5) is 5.82 Å². The van der Waals surface area contributed by atoms with Gasteiger partial charge in [-0.05, 0) is 37.5 Å². The molecule has 4 aromatic rings. The van der Waals surface area contributed by atoms with Crippen LogP contribution in [-0.2, 0) is 29.2 Å². The largest absolute Gasteiger partial charge is 0.353 e. The number of aromatic nitrogens is 4. The van der Waals surface area contributed by atoms with Gasteiger partial charge in [-0.1, -0.05) is 42.5 Å². The van der Waals surface area contributed by atoms with Gasteiger partial charge in [0.1, 0.15) is 6.54 Å². The summed E-state index contributed by atoms with van der Waals surface area (Å²) in [6.07, 6.45) is 1.66. The fraction of sp³-hybridized carbons (Fsp3) is 0.345. The zero-order valence-electron chi connectivity index (χ0n) is 22.4. The van der Waals surface area contributed by atoms with Crippen molar-refractivity contribution in [1.29, 1.82) is 0 Å². The lowest BCUT2D eigenvalue weighted by Crippen LogP contribution is -2.45. The second-order valence-electron chi connectivity index (χ2n) is 10.2. The highest BCUT2D eigenvalue weighted by atomic mass is 16.2. The highest BCUT2D eigenvalue weighted by molar-refractivity contribution is 5.90. The Balaban J connectivity index is 1.22. The summed E-state index contributed by atoms with van der Waals surface area (Å²) in [6, 6.07) is 18.7. The Morgan fingerprint density at radius 3 is 2.42 bits per heavy atom. The third-order valence-electron chi connectivity index (χ3n) is 7.17. The number of aryl methyl sites for hydroxylation is 1. The van der Waals surface area contributed by atoms with Crippen molar-refractivity contribution < 1.29 is 9.59 Å². The van der Waals surface area contributed by atoms with E-state index >= 15 is 0 Å². The summed E-state index contributed by atoms with van der Waals surface area (Å²) in [5, 5.41) is 12.7. The molecule has 0 saturated carbocycles. The number of nitrogens with zero attached hydrogens (tertiary/aromatic N) is 4. The van der Waals surface area contributed by atoms with Crippen molar-refractivity contribution in [2.45, 2.75) is 51.9 Å². The van der Waals surface area contributed by atoms with Crippen LogP contribution in [0.2, 0.25) is 0 Å². The molecule has 0 bridgehead atoms. The molecule has 3 N–H and O–H groups in total. The smallest absolute Gasteiger partial charge is 0.331 e. The van der Waals surface area contributed by atoms with Crippen LogP contribution in [0.25, 0.3) is 10.9 Å². The second kappa shape index (κ2) is 12.1. The summed E-state index contributed by atoms with van der Waals surface area (Å²) in [6.45, 7) is 4.07. The van der Waals surface area contributed by atoms with E-state index in [-0.39, 0.29) is 31.5 Å². The van der Waals surface area contributed by atoms with Crippen molar-refractivity contribution in [1.82, 2.24) is 29.5 Å². The number of H-pyrrole nitrogens is 1. The third-order valence-corrected chi connectivity index (χ3v) is 7.17. The first kappa shape index (κ1) is 27.1. The first-order valence-corrected chi connectivity index (χ1v) is 13.5. The SMILES string of the molecule is Cc1cc(NC(=O)Cn2c(=O)n(CCC(=O)NC3CCN(Cc4ccccc4)CC3)c(=O)c3ccccc32)n[nH]1. The minimum absolute atomic E-state index is 0.0174. The molecule has 0 unspecified atom stereocenters. The van der Waals surface area contributed by atoms with Crippen molar-refractivity contribution in [2.24, 2.45) is 0 Å². The number of amides is 2. The van der Waals surface area contributed by atoms with Gasteiger partial charge < -0.3 is 10.6 Å². The van der Waals surface area contributed by atoms with E-state index in [1.54, 1.807) is 30.3 Å². The van der Waals surface area contributed by atoms with E-state index in [9.17, 15) is 19.2 Å². The van der Waals surface area contributed by atoms with Gasteiger partial charge in [0.25, 0.3) is 5.56 Å². The summed E-state index contributed by atoms with van der Waals surface area (Å²) >= 11 is 0. The molecule has 0 spiro atoms. The summed E-state index contributed by atoms with van der Waals surface area (Å²) in [5.74, 6) is -0.324. The van der Waals surface area contributed by atoms with Crippen molar-refractivity contribution in [3.05, 3.63) is 92.8 Å². The number of carbonyl (C=O) groups excluding carboxylic acids is 2. The average Bonchev–Trinajstić information content (AvgIpc) is 3.36. The molecule has 40 heavy (non-hydrogen) atoms. The van der Waals surface area contributed by atoms with E-state index in [0.29, 0.717) is 16.7 Å². The van der Waals surface area contributed by atoms with Gasteiger partial charge in [0.05, 0.1) is 10.9 Å². The maximum atomic E-state index is 13.4. The molecule has 1 aliphatic rings. The standard InChI is InChI=1S/C29H33N7O4/c1-20-17-25(33-32-20)31-27(38)19-36-24-10-6-5-9-23(24)28(39)35(29(36)40)16-13-26(37)30-22-11-14-34(15-12-22)18-21-7-3-2-4-8-21/h2-10,17,22H,11-16,18-19H2,1H3,(H,30,37)(H2,31,32,33,38). The lowest BCUT2D eigenvalue weighted by atomic mass is 10.0. The first-order chi connectivity index (χ1) is 19.4. The quantitative estimate of drug-likeness (QED) is 0.296. The number of nitrogens with one attached hydrogen (secondary N) is 3. The molecule has 1 saturated heterocycles. The van der Waals surface area contributed by atoms with Crippen LogP contribution < -0.4 is 21.9 Å². The van der Waals surface area contributed by atoms with Crippen LogP contribution in [0.1, 0.15) is 30.5 Å². The van der Waals surface area contributed by atoms with Gasteiger partial charge in [-0.25, -0.2) is 4.79 Å². The molecule has 2 aromatic heterocycles. The van der Waals surface area contributed by atoms with Crippen molar-refractivity contribution in [3.8, 4) is 0 Å². The number of piperidine rings is 1. The molecule has 2 aromatic carbocycles. The second-order valence-corrected chi connectivity index (χ2v) is 10.2. The summed E-state index contributed by atoms with van der Waals surface area (Å²) in [5.41, 5.74) is 1.28. The van der Waals surface area contributed by atoms with Gasteiger partial charge in [-0.3, -0.25) is 33.5 Å². The molecule has 5 rings (SSSR count). The molecular formula is C29H33N7O4. The van der Waals surface area contributed by atoms with E-state index in [4.69, 9.17) is 0 Å². The zero-order valence-corrected chi connectivity index (χ0v) is 22.4. The topological polar surface area (TPSA) is 134 Å². The number of anilines is 1. The third kappa shape index (κ3) is 6.37. The lowest BCUT2D eigenvalue weighted by molar-refractivity contribution is -0.122. The average molecular weight is 544 g/mol. The summed E-state index contributed by atoms with van der Waals surface area (Å²) in [4.78, 5) is 54.4. The number of hydrogen-bond donors (Lipinski definition) is 3. The molecular weight excluding hydrogens is 510 g/mol. The Morgan fingerprint density at radius 2 is 1.70 bits per heavy atom. The van der Waals surface area contributed by atoms with Crippen molar-refractivity contribution >= 4 is 28.5 Å². The molecule has 1 fully saturated rings. The number of benzene rings is 2. The van der Waals surface area contributed by atoms with E-state index in [1.807, 2.05) is 25.1 Å².